The van der Waals surface area contributed by atoms with Gasteiger partial charge >= 0.3 is 11.8 Å². The van der Waals surface area contributed by atoms with Crippen molar-refractivity contribution in [2.75, 3.05) is 6.54 Å². The summed E-state index contributed by atoms with van der Waals surface area (Å²) in [5.41, 5.74) is 0. The summed E-state index contributed by atoms with van der Waals surface area (Å²) in [6, 6.07) is 10.9. The molecule has 1 aromatic carbocycles. The third kappa shape index (κ3) is 5.09. The van der Waals surface area contributed by atoms with Gasteiger partial charge in [0.1, 0.15) is 16.8 Å². The number of rotatable bonds is 7. The number of nitrogens with one attached hydrogen (secondary N) is 2. The smallest absolute Gasteiger partial charge is 0.309 e. The quantitative estimate of drug-likeness (QED) is 0.437. The zero-order valence-electron chi connectivity index (χ0n) is 15.0. The lowest BCUT2D eigenvalue weighted by Crippen LogP contribution is -2.41. The summed E-state index contributed by atoms with van der Waals surface area (Å²) in [5, 5.41) is 5.35. The van der Waals surface area contributed by atoms with Crippen molar-refractivity contribution in [3.63, 3.8) is 0 Å². The predicted octanol–water partition coefficient (Wildman–Crippen LogP) is 2.43. The normalized spacial score (nSPS) is 12.3. The highest BCUT2D eigenvalue weighted by Gasteiger charge is 2.32. The third-order valence-electron chi connectivity index (χ3n) is 4.03. The van der Waals surface area contributed by atoms with Gasteiger partial charge in [0.25, 0.3) is 0 Å². The van der Waals surface area contributed by atoms with Crippen molar-refractivity contribution >= 4 is 33.0 Å². The minimum absolute atomic E-state index is 0.0913. The van der Waals surface area contributed by atoms with Gasteiger partial charge in [0, 0.05) is 11.4 Å². The lowest BCUT2D eigenvalue weighted by molar-refractivity contribution is -0.139. The van der Waals surface area contributed by atoms with Crippen molar-refractivity contribution in [1.29, 1.82) is 0 Å². The topological polar surface area (TPSA) is 105 Å². The molecule has 0 aliphatic rings. The van der Waals surface area contributed by atoms with Gasteiger partial charge in [-0.2, -0.15) is 0 Å². The van der Waals surface area contributed by atoms with Crippen LogP contribution in [0.25, 0.3) is 0 Å². The number of sulfone groups is 1. The van der Waals surface area contributed by atoms with Crippen molar-refractivity contribution in [1.82, 2.24) is 10.6 Å². The Morgan fingerprint density at radius 2 is 1.76 bits per heavy atom. The molecule has 2 amide bonds. The first-order chi connectivity index (χ1) is 13.9. The molecule has 2 N–H and O–H groups in total. The van der Waals surface area contributed by atoms with E-state index in [1.165, 1.54) is 29.7 Å². The fraction of sp³-hybridized carbons (Fsp3) is 0.158. The molecule has 0 saturated heterocycles. The summed E-state index contributed by atoms with van der Waals surface area (Å²) >= 11 is 1.43. The highest BCUT2D eigenvalue weighted by atomic mass is 32.2. The van der Waals surface area contributed by atoms with Crippen molar-refractivity contribution in [2.24, 2.45) is 0 Å². The Kier molecular flexibility index (Phi) is 6.45. The highest BCUT2D eigenvalue weighted by Crippen LogP contribution is 2.29. The summed E-state index contributed by atoms with van der Waals surface area (Å²) in [7, 11) is -4.02. The second kappa shape index (κ2) is 9.01. The maximum atomic E-state index is 13.2. The van der Waals surface area contributed by atoms with E-state index in [9.17, 15) is 22.4 Å². The van der Waals surface area contributed by atoms with Crippen LogP contribution in [-0.4, -0.2) is 26.8 Å². The zero-order chi connectivity index (χ0) is 20.9. The van der Waals surface area contributed by atoms with Crippen LogP contribution in [0.3, 0.4) is 0 Å². The SMILES string of the molecule is O=C(NCc1cccs1)C(=O)NC[C@H](c1ccco1)S(=O)(=O)c1ccc(F)cc1. The average molecular weight is 436 g/mol. The number of benzene rings is 1. The first-order valence-corrected chi connectivity index (χ1v) is 10.9. The van der Waals surface area contributed by atoms with E-state index < -0.39 is 39.3 Å². The van der Waals surface area contributed by atoms with Gasteiger partial charge in [-0.1, -0.05) is 6.07 Å². The molecule has 29 heavy (non-hydrogen) atoms. The Bertz CT molecular complexity index is 1060. The van der Waals surface area contributed by atoms with Crippen LogP contribution in [0.5, 0.6) is 0 Å². The van der Waals surface area contributed by atoms with E-state index in [1.807, 2.05) is 17.5 Å². The van der Waals surface area contributed by atoms with Crippen molar-refractivity contribution in [3.8, 4) is 0 Å². The van der Waals surface area contributed by atoms with E-state index in [2.05, 4.69) is 10.6 Å². The molecule has 0 bridgehead atoms. The van der Waals surface area contributed by atoms with E-state index in [1.54, 1.807) is 0 Å². The van der Waals surface area contributed by atoms with Crippen LogP contribution in [0.15, 0.2) is 69.5 Å². The Morgan fingerprint density at radius 1 is 1.03 bits per heavy atom. The second-order valence-corrected chi connectivity index (χ2v) is 9.14. The number of thiophene rings is 1. The fourth-order valence-corrected chi connectivity index (χ4v) is 4.78. The molecule has 0 spiro atoms. The maximum Gasteiger partial charge on any atom is 0.309 e. The van der Waals surface area contributed by atoms with Crippen molar-refractivity contribution in [3.05, 3.63) is 76.6 Å². The van der Waals surface area contributed by atoms with Gasteiger partial charge in [0.2, 0.25) is 0 Å². The average Bonchev–Trinajstić information content (AvgIpc) is 3.40. The monoisotopic (exact) mass is 436 g/mol. The molecule has 0 aliphatic heterocycles. The number of furan rings is 1. The maximum absolute atomic E-state index is 13.2. The molecule has 0 saturated carbocycles. The third-order valence-corrected chi connectivity index (χ3v) is 6.99. The van der Waals surface area contributed by atoms with Gasteiger partial charge in [-0.15, -0.1) is 11.3 Å². The molecule has 2 heterocycles. The molecule has 0 unspecified atom stereocenters. The standard InChI is InChI=1S/C19H17FN2O5S2/c20-13-5-7-15(8-6-13)29(25,26)17(16-4-1-9-27-16)12-22-19(24)18(23)21-11-14-3-2-10-28-14/h1-10,17H,11-12H2,(H,21,23)(H,22,24)/t17-/m1/s1. The number of carbonyl (C=O) groups is 2. The van der Waals surface area contributed by atoms with Gasteiger partial charge < -0.3 is 15.1 Å². The van der Waals surface area contributed by atoms with Gasteiger partial charge in [0.15, 0.2) is 9.84 Å². The van der Waals surface area contributed by atoms with Crippen LogP contribution in [0, 0.1) is 5.82 Å². The molecule has 152 valence electrons. The molecule has 0 aliphatic carbocycles. The lowest BCUT2D eigenvalue weighted by Gasteiger charge is -2.16. The predicted molar refractivity (Wildman–Crippen MR) is 104 cm³/mol. The van der Waals surface area contributed by atoms with Gasteiger partial charge in [-0.05, 0) is 47.8 Å². The Labute approximate surface area is 170 Å². The van der Waals surface area contributed by atoms with Gasteiger partial charge in [-0.3, -0.25) is 9.59 Å². The number of hydrogen-bond donors (Lipinski definition) is 2. The van der Waals surface area contributed by atoms with Crippen LogP contribution in [-0.2, 0) is 26.0 Å². The fourth-order valence-electron chi connectivity index (χ4n) is 2.55. The van der Waals surface area contributed by atoms with Crippen molar-refractivity contribution in [2.45, 2.75) is 16.7 Å². The van der Waals surface area contributed by atoms with Crippen LogP contribution >= 0.6 is 11.3 Å². The Balaban J connectivity index is 1.70. The van der Waals surface area contributed by atoms with E-state index in [-0.39, 0.29) is 17.2 Å². The van der Waals surface area contributed by atoms with Crippen LogP contribution in [0.2, 0.25) is 0 Å². The highest BCUT2D eigenvalue weighted by molar-refractivity contribution is 7.91. The Morgan fingerprint density at radius 3 is 2.38 bits per heavy atom. The molecule has 0 fully saturated rings. The minimum Gasteiger partial charge on any atom is -0.468 e. The molecule has 2 aromatic heterocycles. The zero-order valence-corrected chi connectivity index (χ0v) is 16.6. The second-order valence-electron chi connectivity index (χ2n) is 5.98. The number of carbonyl (C=O) groups excluding carboxylic acids is 2. The minimum atomic E-state index is -4.02. The van der Waals surface area contributed by atoms with Gasteiger partial charge in [-0.25, -0.2) is 12.8 Å². The van der Waals surface area contributed by atoms with E-state index in [4.69, 9.17) is 4.42 Å². The lowest BCUT2D eigenvalue weighted by atomic mass is 10.3. The summed E-state index contributed by atoms with van der Waals surface area (Å²) in [6.07, 6.45) is 1.30. The molecule has 3 aromatic rings. The molecule has 7 nitrogen and oxygen atoms in total. The molecule has 0 radical (unpaired) electrons. The van der Waals surface area contributed by atoms with Crippen LogP contribution in [0.4, 0.5) is 4.39 Å². The van der Waals surface area contributed by atoms with Crippen LogP contribution < -0.4 is 10.6 Å². The molecule has 1 atom stereocenters. The van der Waals surface area contributed by atoms with E-state index in [0.717, 1.165) is 29.1 Å². The molecule has 3 rings (SSSR count). The van der Waals surface area contributed by atoms with Crippen LogP contribution in [0.1, 0.15) is 15.9 Å². The number of amides is 2. The molecular weight excluding hydrogens is 419 g/mol. The molecular formula is C19H17FN2O5S2. The Hall–Kier alpha value is -2.98. The molecule has 10 heteroatoms. The summed E-state index contributed by atoms with van der Waals surface area (Å²) in [4.78, 5) is 24.8. The van der Waals surface area contributed by atoms with E-state index in [0.29, 0.717) is 0 Å². The van der Waals surface area contributed by atoms with Crippen molar-refractivity contribution < 1.29 is 26.8 Å². The summed E-state index contributed by atoms with van der Waals surface area (Å²) in [5.74, 6) is -2.33. The first kappa shape index (κ1) is 20.7. The number of hydrogen-bond acceptors (Lipinski definition) is 6. The first-order valence-electron chi connectivity index (χ1n) is 8.49. The number of halogens is 1. The summed E-state index contributed by atoms with van der Waals surface area (Å²) < 4.78 is 44.3. The van der Waals surface area contributed by atoms with E-state index >= 15 is 0 Å². The summed E-state index contributed by atoms with van der Waals surface area (Å²) in [6.45, 7) is -0.197. The van der Waals surface area contributed by atoms with Gasteiger partial charge in [0.05, 0.1) is 17.7 Å². The largest absolute Gasteiger partial charge is 0.468 e.